The Kier molecular flexibility index (Phi) is 5.31. The van der Waals surface area contributed by atoms with E-state index in [2.05, 4.69) is 0 Å². The Balaban J connectivity index is 2.42. The third-order valence-corrected chi connectivity index (χ3v) is 5.79. The van der Waals surface area contributed by atoms with Gasteiger partial charge in [-0.2, -0.15) is 0 Å². The maximum atomic E-state index is 11.7. The van der Waals surface area contributed by atoms with E-state index in [0.717, 1.165) is 4.90 Å². The molecule has 0 saturated carbocycles. The van der Waals surface area contributed by atoms with Crippen LogP contribution in [0.3, 0.4) is 0 Å². The van der Waals surface area contributed by atoms with Crippen molar-refractivity contribution < 1.29 is 8.42 Å². The Morgan fingerprint density at radius 2 is 1.94 bits per heavy atom. The first-order chi connectivity index (χ1) is 7.56. The van der Waals surface area contributed by atoms with Gasteiger partial charge in [0.2, 0.25) is 0 Å². The molecule has 5 heteroatoms. The summed E-state index contributed by atoms with van der Waals surface area (Å²) in [5, 5.41) is -0.441. The lowest BCUT2D eigenvalue weighted by molar-refractivity contribution is 0.585. The van der Waals surface area contributed by atoms with E-state index in [-0.39, 0.29) is 12.3 Å². The Hall–Kier alpha value is -0.520. The van der Waals surface area contributed by atoms with Crippen LogP contribution in [-0.4, -0.2) is 31.7 Å². The van der Waals surface area contributed by atoms with Crippen molar-refractivity contribution >= 4 is 21.6 Å². The van der Waals surface area contributed by atoms with Crippen LogP contribution in [0.5, 0.6) is 0 Å². The van der Waals surface area contributed by atoms with Crippen LogP contribution in [0, 0.1) is 0 Å². The van der Waals surface area contributed by atoms with Crippen LogP contribution >= 0.6 is 11.8 Å². The fraction of sp³-hybridized carbons (Fsp3) is 0.455. The average molecular weight is 259 g/mol. The lowest BCUT2D eigenvalue weighted by Gasteiger charge is -2.09. The van der Waals surface area contributed by atoms with E-state index in [1.54, 1.807) is 18.7 Å². The highest BCUT2D eigenvalue weighted by atomic mass is 32.2. The van der Waals surface area contributed by atoms with Gasteiger partial charge in [0, 0.05) is 17.2 Å². The monoisotopic (exact) mass is 259 g/mol. The molecule has 0 amide bonds. The fourth-order valence-corrected chi connectivity index (χ4v) is 3.68. The van der Waals surface area contributed by atoms with Crippen molar-refractivity contribution in [2.45, 2.75) is 17.1 Å². The summed E-state index contributed by atoms with van der Waals surface area (Å²) in [5.41, 5.74) is 5.36. The van der Waals surface area contributed by atoms with Gasteiger partial charge in [0.25, 0.3) is 0 Å². The number of thioether (sulfide) groups is 1. The summed E-state index contributed by atoms with van der Waals surface area (Å²) in [5.74, 6) is 0.765. The lowest BCUT2D eigenvalue weighted by atomic mass is 10.4. The minimum absolute atomic E-state index is 0.185. The Labute approximate surface area is 101 Å². The summed E-state index contributed by atoms with van der Waals surface area (Å²) in [6.07, 6.45) is 0. The first kappa shape index (κ1) is 13.5. The van der Waals surface area contributed by atoms with Gasteiger partial charge in [0.15, 0.2) is 9.84 Å². The third kappa shape index (κ3) is 4.15. The van der Waals surface area contributed by atoms with Gasteiger partial charge in [-0.15, -0.1) is 11.8 Å². The fourth-order valence-electron chi connectivity index (χ4n) is 1.14. The minimum Gasteiger partial charge on any atom is -0.329 e. The largest absolute Gasteiger partial charge is 0.329 e. The molecule has 1 atom stereocenters. The second-order valence-corrected chi connectivity index (χ2v) is 7.28. The molecule has 16 heavy (non-hydrogen) atoms. The maximum Gasteiger partial charge on any atom is 0.154 e. The molecule has 90 valence electrons. The molecular formula is C11H17NO2S2. The van der Waals surface area contributed by atoms with Crippen molar-refractivity contribution in [2.24, 2.45) is 5.73 Å². The Morgan fingerprint density at radius 3 is 2.50 bits per heavy atom. The molecule has 0 aliphatic rings. The molecule has 0 aromatic heterocycles. The minimum atomic E-state index is -3.03. The highest BCUT2D eigenvalue weighted by Crippen LogP contribution is 2.17. The zero-order valence-electron chi connectivity index (χ0n) is 9.30. The smallest absolute Gasteiger partial charge is 0.154 e. The van der Waals surface area contributed by atoms with Gasteiger partial charge < -0.3 is 5.73 Å². The number of hydrogen-bond acceptors (Lipinski definition) is 4. The molecule has 0 fully saturated rings. The summed E-state index contributed by atoms with van der Waals surface area (Å²) in [4.78, 5) is 1.10. The predicted molar refractivity (Wildman–Crippen MR) is 69.5 cm³/mol. The average Bonchev–Trinajstić information content (AvgIpc) is 2.29. The zero-order chi connectivity index (χ0) is 12.0. The van der Waals surface area contributed by atoms with Crippen molar-refractivity contribution in [3.63, 3.8) is 0 Å². The normalized spacial score (nSPS) is 13.6. The van der Waals surface area contributed by atoms with E-state index in [0.29, 0.717) is 5.75 Å². The quantitative estimate of drug-likeness (QED) is 0.787. The highest BCUT2D eigenvalue weighted by Gasteiger charge is 2.18. The second kappa shape index (κ2) is 6.27. The van der Waals surface area contributed by atoms with Gasteiger partial charge >= 0.3 is 0 Å². The van der Waals surface area contributed by atoms with Gasteiger partial charge in [0.1, 0.15) is 0 Å². The number of rotatable bonds is 6. The Bertz CT molecular complexity index is 403. The van der Waals surface area contributed by atoms with Crippen LogP contribution in [0.15, 0.2) is 35.2 Å². The van der Waals surface area contributed by atoms with E-state index in [1.807, 2.05) is 30.3 Å². The van der Waals surface area contributed by atoms with Crippen LogP contribution in [0.2, 0.25) is 0 Å². The van der Waals surface area contributed by atoms with E-state index in [9.17, 15) is 8.42 Å². The van der Waals surface area contributed by atoms with Gasteiger partial charge in [0.05, 0.1) is 11.0 Å². The van der Waals surface area contributed by atoms with Crippen LogP contribution in [-0.2, 0) is 9.84 Å². The molecular weight excluding hydrogens is 242 g/mol. The van der Waals surface area contributed by atoms with Crippen molar-refractivity contribution in [1.29, 1.82) is 0 Å². The predicted octanol–water partition coefficient (Wildman–Crippen LogP) is 1.54. The summed E-state index contributed by atoms with van der Waals surface area (Å²) in [6, 6.07) is 9.78. The molecule has 0 aliphatic heterocycles. The summed E-state index contributed by atoms with van der Waals surface area (Å²) >= 11 is 1.56. The molecule has 1 unspecified atom stereocenters. The van der Waals surface area contributed by atoms with Crippen molar-refractivity contribution in [3.8, 4) is 0 Å². The van der Waals surface area contributed by atoms with E-state index >= 15 is 0 Å². The van der Waals surface area contributed by atoms with Crippen LogP contribution in [0.25, 0.3) is 0 Å². The Morgan fingerprint density at radius 1 is 1.31 bits per heavy atom. The molecule has 3 nitrogen and oxygen atoms in total. The molecule has 0 saturated heterocycles. The zero-order valence-corrected chi connectivity index (χ0v) is 10.9. The van der Waals surface area contributed by atoms with Gasteiger partial charge in [-0.3, -0.25) is 0 Å². The molecule has 0 aliphatic carbocycles. The van der Waals surface area contributed by atoms with Crippen LogP contribution in [0.4, 0.5) is 0 Å². The molecule has 0 spiro atoms. The molecule has 0 bridgehead atoms. The number of hydrogen-bond donors (Lipinski definition) is 1. The lowest BCUT2D eigenvalue weighted by Crippen LogP contribution is -2.29. The van der Waals surface area contributed by atoms with Crippen molar-refractivity contribution in [2.75, 3.05) is 18.1 Å². The molecule has 1 rings (SSSR count). The second-order valence-electron chi connectivity index (χ2n) is 3.57. The van der Waals surface area contributed by atoms with Crippen molar-refractivity contribution in [1.82, 2.24) is 0 Å². The number of sulfone groups is 1. The van der Waals surface area contributed by atoms with E-state index < -0.39 is 15.1 Å². The summed E-state index contributed by atoms with van der Waals surface area (Å²) in [7, 11) is -3.03. The summed E-state index contributed by atoms with van der Waals surface area (Å²) < 4.78 is 23.3. The van der Waals surface area contributed by atoms with E-state index in [4.69, 9.17) is 5.73 Å². The molecule has 0 radical (unpaired) electrons. The van der Waals surface area contributed by atoms with Gasteiger partial charge in [-0.1, -0.05) is 18.2 Å². The standard InChI is InChI=1S/C11H17NO2S2/c1-10(9-12)16(13,14)8-7-15-11-5-3-2-4-6-11/h2-6,10H,7-9,12H2,1H3. The first-order valence-electron chi connectivity index (χ1n) is 5.16. The highest BCUT2D eigenvalue weighted by molar-refractivity contribution is 8.00. The SMILES string of the molecule is CC(CN)S(=O)(=O)CCSc1ccccc1. The first-order valence-corrected chi connectivity index (χ1v) is 7.86. The van der Waals surface area contributed by atoms with Gasteiger partial charge in [-0.25, -0.2) is 8.42 Å². The topological polar surface area (TPSA) is 60.2 Å². The van der Waals surface area contributed by atoms with Crippen LogP contribution in [0.1, 0.15) is 6.92 Å². The molecule has 1 aromatic carbocycles. The third-order valence-electron chi connectivity index (χ3n) is 2.32. The van der Waals surface area contributed by atoms with E-state index in [1.165, 1.54) is 0 Å². The molecule has 2 N–H and O–H groups in total. The maximum absolute atomic E-state index is 11.7. The van der Waals surface area contributed by atoms with Crippen molar-refractivity contribution in [3.05, 3.63) is 30.3 Å². The summed E-state index contributed by atoms with van der Waals surface area (Å²) in [6.45, 7) is 1.85. The van der Waals surface area contributed by atoms with Crippen LogP contribution < -0.4 is 5.73 Å². The molecule has 0 heterocycles. The van der Waals surface area contributed by atoms with Gasteiger partial charge in [-0.05, 0) is 19.1 Å². The number of benzene rings is 1. The molecule has 1 aromatic rings. The number of nitrogens with two attached hydrogens (primary N) is 1.